The molecule has 0 amide bonds. The van der Waals surface area contributed by atoms with Crippen LogP contribution in [-0.2, 0) is 16.3 Å². The van der Waals surface area contributed by atoms with Crippen LogP contribution in [0.15, 0.2) is 24.3 Å². The summed E-state index contributed by atoms with van der Waals surface area (Å²) < 4.78 is 5.06. The fourth-order valence-electron chi connectivity index (χ4n) is 1.88. The Morgan fingerprint density at radius 3 is 2.44 bits per heavy atom. The monoisotopic (exact) mass is 251 g/mol. The zero-order chi connectivity index (χ0) is 13.4. The van der Waals surface area contributed by atoms with E-state index >= 15 is 0 Å². The van der Waals surface area contributed by atoms with Gasteiger partial charge in [0.25, 0.3) is 0 Å². The lowest BCUT2D eigenvalue weighted by Gasteiger charge is -2.10. The summed E-state index contributed by atoms with van der Waals surface area (Å²) in [5.74, 6) is -0.546. The number of aliphatic carboxylic acids is 1. The van der Waals surface area contributed by atoms with E-state index < -0.39 is 11.9 Å². The maximum absolute atomic E-state index is 10.9. The van der Waals surface area contributed by atoms with Crippen LogP contribution in [-0.4, -0.2) is 24.8 Å². The van der Waals surface area contributed by atoms with E-state index in [1.807, 2.05) is 24.3 Å². The molecule has 0 fully saturated rings. The first-order valence-corrected chi connectivity index (χ1v) is 6.11. The second-order valence-electron chi connectivity index (χ2n) is 4.27. The van der Waals surface area contributed by atoms with E-state index in [0.29, 0.717) is 6.42 Å². The molecule has 4 heteroatoms. The molecule has 0 saturated carbocycles. The average Bonchev–Trinajstić information content (AvgIpc) is 2.38. The van der Waals surface area contributed by atoms with E-state index in [0.717, 1.165) is 24.2 Å². The van der Waals surface area contributed by atoms with Crippen LogP contribution in [0, 0.1) is 5.92 Å². The Morgan fingerprint density at radius 1 is 1.28 bits per heavy atom. The van der Waals surface area contributed by atoms with E-state index in [1.54, 1.807) is 7.11 Å². The van der Waals surface area contributed by atoms with Gasteiger partial charge in [-0.15, -0.1) is 0 Å². The van der Waals surface area contributed by atoms with Gasteiger partial charge in [-0.05, 0) is 43.4 Å². The van der Waals surface area contributed by atoms with Gasteiger partial charge in [0, 0.05) is 0 Å². The summed E-state index contributed by atoms with van der Waals surface area (Å²) in [5, 5.41) is 19.4. The first kappa shape index (κ1) is 14.5. The standard InChI is InChI=1S/C14H19O4/c1-18-13-7-5-11(6-8-13)3-2-4-12(9-10-15)14(16)17/h5-8,12H,2-4,9-10H2,1H3,(H,16,17). The van der Waals surface area contributed by atoms with E-state index in [4.69, 9.17) is 9.84 Å². The van der Waals surface area contributed by atoms with Gasteiger partial charge in [0.2, 0.25) is 0 Å². The Labute approximate surface area is 107 Å². The highest BCUT2D eigenvalue weighted by Gasteiger charge is 2.16. The molecule has 0 spiro atoms. The van der Waals surface area contributed by atoms with Gasteiger partial charge in [-0.25, -0.2) is 5.11 Å². The molecular formula is C14H19O4. The predicted octanol–water partition coefficient (Wildman–Crippen LogP) is 2.54. The molecule has 0 aromatic heterocycles. The molecule has 0 aliphatic rings. The molecule has 1 N–H and O–H groups in total. The Bertz CT molecular complexity index is 359. The van der Waals surface area contributed by atoms with E-state index in [9.17, 15) is 9.90 Å². The molecule has 0 bridgehead atoms. The minimum atomic E-state index is -0.861. The average molecular weight is 251 g/mol. The summed E-state index contributed by atoms with van der Waals surface area (Å²) >= 11 is 0. The lowest BCUT2D eigenvalue weighted by molar-refractivity contribution is -0.142. The van der Waals surface area contributed by atoms with Crippen molar-refractivity contribution in [2.75, 3.05) is 13.7 Å². The second-order valence-corrected chi connectivity index (χ2v) is 4.27. The molecule has 0 saturated heterocycles. The molecule has 4 nitrogen and oxygen atoms in total. The van der Waals surface area contributed by atoms with Crippen LogP contribution in [0.4, 0.5) is 0 Å². The first-order valence-electron chi connectivity index (χ1n) is 6.11. The number of carbonyl (C=O) groups is 1. The predicted molar refractivity (Wildman–Crippen MR) is 67.2 cm³/mol. The molecule has 1 radical (unpaired) electrons. The Kier molecular flexibility index (Phi) is 6.22. The molecule has 18 heavy (non-hydrogen) atoms. The van der Waals surface area contributed by atoms with Crippen LogP contribution in [0.3, 0.4) is 0 Å². The van der Waals surface area contributed by atoms with Crippen LogP contribution in [0.2, 0.25) is 0 Å². The molecule has 1 aromatic carbocycles. The van der Waals surface area contributed by atoms with Gasteiger partial charge in [0.15, 0.2) is 0 Å². The van der Waals surface area contributed by atoms with Crippen molar-refractivity contribution >= 4 is 5.97 Å². The molecule has 1 unspecified atom stereocenters. The minimum absolute atomic E-state index is 0.220. The fourth-order valence-corrected chi connectivity index (χ4v) is 1.88. The van der Waals surface area contributed by atoms with Crippen molar-refractivity contribution in [3.8, 4) is 5.75 Å². The van der Waals surface area contributed by atoms with Gasteiger partial charge >= 0.3 is 5.97 Å². The number of carboxylic acid groups (broad SMARTS) is 1. The van der Waals surface area contributed by atoms with Crippen LogP contribution >= 0.6 is 0 Å². The number of hydrogen-bond donors (Lipinski definition) is 1. The van der Waals surface area contributed by atoms with Gasteiger partial charge in [0.05, 0.1) is 19.6 Å². The highest BCUT2D eigenvalue weighted by atomic mass is 16.5. The number of benzene rings is 1. The lowest BCUT2D eigenvalue weighted by Crippen LogP contribution is -2.15. The Hall–Kier alpha value is -1.55. The summed E-state index contributed by atoms with van der Waals surface area (Å²) in [6, 6.07) is 7.73. The third-order valence-corrected chi connectivity index (χ3v) is 2.99. The SMILES string of the molecule is COc1ccc(CCCC(CC[O])C(=O)O)cc1. The third-order valence-electron chi connectivity index (χ3n) is 2.99. The van der Waals surface area contributed by atoms with Crippen molar-refractivity contribution in [3.63, 3.8) is 0 Å². The Morgan fingerprint density at radius 2 is 1.94 bits per heavy atom. The lowest BCUT2D eigenvalue weighted by atomic mass is 9.97. The smallest absolute Gasteiger partial charge is 0.306 e. The first-order chi connectivity index (χ1) is 8.67. The highest BCUT2D eigenvalue weighted by molar-refractivity contribution is 5.69. The summed E-state index contributed by atoms with van der Waals surface area (Å²) in [5.41, 5.74) is 1.15. The zero-order valence-corrected chi connectivity index (χ0v) is 10.6. The molecule has 0 aliphatic heterocycles. The summed E-state index contributed by atoms with van der Waals surface area (Å²) in [6.45, 7) is -0.320. The number of ether oxygens (including phenoxy) is 1. The van der Waals surface area contributed by atoms with Crippen LogP contribution < -0.4 is 4.74 Å². The molecule has 1 rings (SSSR count). The van der Waals surface area contributed by atoms with Crippen molar-refractivity contribution in [1.82, 2.24) is 0 Å². The van der Waals surface area contributed by atoms with Crippen molar-refractivity contribution in [2.45, 2.75) is 25.7 Å². The zero-order valence-electron chi connectivity index (χ0n) is 10.6. The maximum atomic E-state index is 10.9. The number of aryl methyl sites for hydroxylation is 1. The second kappa shape index (κ2) is 7.71. The molecule has 1 atom stereocenters. The maximum Gasteiger partial charge on any atom is 0.306 e. The Balaban J connectivity index is 2.37. The van der Waals surface area contributed by atoms with Gasteiger partial charge in [-0.1, -0.05) is 12.1 Å². The van der Waals surface area contributed by atoms with E-state index in [2.05, 4.69) is 0 Å². The van der Waals surface area contributed by atoms with E-state index in [1.165, 1.54) is 0 Å². The number of hydrogen-bond acceptors (Lipinski definition) is 2. The largest absolute Gasteiger partial charge is 0.497 e. The van der Waals surface area contributed by atoms with Gasteiger partial charge < -0.3 is 9.84 Å². The highest BCUT2D eigenvalue weighted by Crippen LogP contribution is 2.16. The number of methoxy groups -OCH3 is 1. The quantitative estimate of drug-likeness (QED) is 0.772. The fraction of sp³-hybridized carbons (Fsp3) is 0.500. The minimum Gasteiger partial charge on any atom is -0.497 e. The summed E-state index contributed by atoms with van der Waals surface area (Å²) in [7, 11) is 1.62. The molecule has 0 heterocycles. The number of rotatable bonds is 8. The summed E-state index contributed by atoms with van der Waals surface area (Å²) in [4.78, 5) is 10.9. The van der Waals surface area contributed by atoms with Crippen molar-refractivity contribution in [2.24, 2.45) is 5.92 Å². The van der Waals surface area contributed by atoms with Crippen LogP contribution in [0.1, 0.15) is 24.8 Å². The van der Waals surface area contributed by atoms with Crippen LogP contribution in [0.25, 0.3) is 0 Å². The van der Waals surface area contributed by atoms with Gasteiger partial charge in [-0.3, -0.25) is 4.79 Å². The van der Waals surface area contributed by atoms with E-state index in [-0.39, 0.29) is 13.0 Å². The molecule has 99 valence electrons. The normalized spacial score (nSPS) is 12.1. The molecule has 1 aromatic rings. The van der Waals surface area contributed by atoms with Crippen molar-refractivity contribution in [3.05, 3.63) is 29.8 Å². The third kappa shape index (κ3) is 4.75. The topological polar surface area (TPSA) is 66.4 Å². The summed E-state index contributed by atoms with van der Waals surface area (Å²) in [6.07, 6.45) is 2.39. The van der Waals surface area contributed by atoms with Gasteiger partial charge in [-0.2, -0.15) is 0 Å². The van der Waals surface area contributed by atoms with Gasteiger partial charge in [0.1, 0.15) is 5.75 Å². The molecule has 0 aliphatic carbocycles. The van der Waals surface area contributed by atoms with Crippen molar-refractivity contribution < 1.29 is 19.7 Å². The molecular weight excluding hydrogens is 232 g/mol. The van der Waals surface area contributed by atoms with Crippen LogP contribution in [0.5, 0.6) is 5.75 Å². The number of carboxylic acids is 1. The van der Waals surface area contributed by atoms with Crippen molar-refractivity contribution in [1.29, 1.82) is 0 Å².